The zero-order valence-electron chi connectivity index (χ0n) is 9.87. The quantitative estimate of drug-likeness (QED) is 0.462. The van der Waals surface area contributed by atoms with E-state index in [0.717, 1.165) is 25.1 Å². The third kappa shape index (κ3) is 4.69. The lowest BCUT2D eigenvalue weighted by Crippen LogP contribution is -2.09. The Morgan fingerprint density at radius 1 is 1.59 bits per heavy atom. The summed E-state index contributed by atoms with van der Waals surface area (Å²) >= 11 is 5.68. The summed E-state index contributed by atoms with van der Waals surface area (Å²) in [5, 5.41) is -0.0414. The van der Waals surface area contributed by atoms with Crippen molar-refractivity contribution in [2.75, 3.05) is 6.61 Å². The summed E-state index contributed by atoms with van der Waals surface area (Å²) in [6, 6.07) is 1.03. The lowest BCUT2D eigenvalue weighted by atomic mass is 10.1. The van der Waals surface area contributed by atoms with Crippen LogP contribution >= 0.6 is 11.6 Å². The van der Waals surface area contributed by atoms with Crippen LogP contribution in [0.3, 0.4) is 0 Å². The molecule has 0 radical (unpaired) electrons. The van der Waals surface area contributed by atoms with Crippen LogP contribution in [0.15, 0.2) is 12.3 Å². The summed E-state index contributed by atoms with van der Waals surface area (Å²) in [4.78, 5) is 15.1. The van der Waals surface area contributed by atoms with Crippen molar-refractivity contribution in [2.45, 2.75) is 26.7 Å². The second-order valence-electron chi connectivity index (χ2n) is 4.16. The molecule has 5 heteroatoms. The molecule has 1 heterocycles. The predicted molar refractivity (Wildman–Crippen MR) is 63.6 cm³/mol. The van der Waals surface area contributed by atoms with E-state index in [1.807, 2.05) is 0 Å². The third-order valence-electron chi connectivity index (χ3n) is 2.18. The second kappa shape index (κ2) is 6.55. The molecule has 0 unspecified atom stereocenters. The summed E-state index contributed by atoms with van der Waals surface area (Å²) in [5.74, 6) is -0.678. The number of carbonyl (C=O) groups excluding carboxylic acids is 1. The molecule has 0 aliphatic carbocycles. The van der Waals surface area contributed by atoms with Gasteiger partial charge in [0.2, 0.25) is 0 Å². The first-order valence-electron chi connectivity index (χ1n) is 5.49. The first kappa shape index (κ1) is 13.9. The molecule has 0 aromatic carbocycles. The molecule has 0 saturated carbocycles. The average molecular weight is 260 g/mol. The fourth-order valence-corrected chi connectivity index (χ4v) is 1.48. The summed E-state index contributed by atoms with van der Waals surface area (Å²) in [7, 11) is 0. The Morgan fingerprint density at radius 3 is 2.94 bits per heavy atom. The summed E-state index contributed by atoms with van der Waals surface area (Å²) in [6.45, 7) is 4.49. The molecule has 94 valence electrons. The molecule has 0 N–H and O–H groups in total. The normalized spacial score (nSPS) is 10.6. The number of rotatable bonds is 5. The highest BCUT2D eigenvalue weighted by Crippen LogP contribution is 2.15. The van der Waals surface area contributed by atoms with Gasteiger partial charge in [0, 0.05) is 0 Å². The van der Waals surface area contributed by atoms with Crippen LogP contribution in [0.2, 0.25) is 5.15 Å². The maximum atomic E-state index is 12.9. The van der Waals surface area contributed by atoms with Crippen LogP contribution in [0, 0.1) is 11.7 Å². The van der Waals surface area contributed by atoms with E-state index in [0.29, 0.717) is 12.5 Å². The third-order valence-corrected chi connectivity index (χ3v) is 2.49. The highest BCUT2D eigenvalue weighted by molar-refractivity contribution is 6.32. The Labute approximate surface area is 105 Å². The van der Waals surface area contributed by atoms with Crippen LogP contribution in [0.5, 0.6) is 0 Å². The molecule has 1 aromatic heterocycles. The number of halogens is 2. The first-order chi connectivity index (χ1) is 8.00. The highest BCUT2D eigenvalue weighted by Gasteiger charge is 2.14. The van der Waals surface area contributed by atoms with E-state index in [1.54, 1.807) is 0 Å². The Balaban J connectivity index is 2.49. The molecule has 0 saturated heterocycles. The van der Waals surface area contributed by atoms with Crippen molar-refractivity contribution in [3.8, 4) is 0 Å². The van der Waals surface area contributed by atoms with Crippen LogP contribution in [0.25, 0.3) is 0 Å². The molecule has 0 aliphatic heterocycles. The van der Waals surface area contributed by atoms with E-state index in [2.05, 4.69) is 18.8 Å². The number of ether oxygens (including phenoxy) is 1. The van der Waals surface area contributed by atoms with Crippen LogP contribution in [0.4, 0.5) is 4.39 Å². The molecule has 0 aliphatic rings. The molecule has 1 aromatic rings. The highest BCUT2D eigenvalue weighted by atomic mass is 35.5. The molecule has 0 amide bonds. The topological polar surface area (TPSA) is 39.2 Å². The minimum Gasteiger partial charge on any atom is -0.462 e. The molecule has 0 bridgehead atoms. The van der Waals surface area contributed by atoms with E-state index in [4.69, 9.17) is 16.3 Å². The van der Waals surface area contributed by atoms with Crippen molar-refractivity contribution in [1.82, 2.24) is 4.98 Å². The molecule has 17 heavy (non-hydrogen) atoms. The Kier molecular flexibility index (Phi) is 5.35. The number of nitrogens with zero attached hydrogens (tertiary/aromatic N) is 1. The van der Waals surface area contributed by atoms with Gasteiger partial charge in [-0.2, -0.15) is 0 Å². The SMILES string of the molecule is CC(C)CCCOC(=O)c1cc(F)cnc1Cl. The van der Waals surface area contributed by atoms with Crippen molar-refractivity contribution >= 4 is 17.6 Å². The van der Waals surface area contributed by atoms with Crippen molar-refractivity contribution in [3.05, 3.63) is 28.8 Å². The largest absolute Gasteiger partial charge is 0.462 e. The summed E-state index contributed by atoms with van der Waals surface area (Å²) < 4.78 is 17.9. The van der Waals surface area contributed by atoms with E-state index in [9.17, 15) is 9.18 Å². The molecule has 1 rings (SSSR count). The van der Waals surface area contributed by atoms with Crippen LogP contribution in [0.1, 0.15) is 37.0 Å². The number of aromatic nitrogens is 1. The molecular formula is C12H15ClFNO2. The smallest absolute Gasteiger partial charge is 0.341 e. The second-order valence-corrected chi connectivity index (χ2v) is 4.52. The van der Waals surface area contributed by atoms with E-state index in [-0.39, 0.29) is 10.7 Å². The lowest BCUT2D eigenvalue weighted by molar-refractivity contribution is 0.0494. The molecule has 3 nitrogen and oxygen atoms in total. The van der Waals surface area contributed by atoms with Crippen LogP contribution in [-0.2, 0) is 4.74 Å². The Bertz CT molecular complexity index is 396. The van der Waals surface area contributed by atoms with Gasteiger partial charge in [0.25, 0.3) is 0 Å². The maximum absolute atomic E-state index is 12.9. The number of carbonyl (C=O) groups is 1. The fourth-order valence-electron chi connectivity index (χ4n) is 1.30. The van der Waals surface area contributed by atoms with Gasteiger partial charge in [0.15, 0.2) is 0 Å². The van der Waals surface area contributed by atoms with Gasteiger partial charge < -0.3 is 4.74 Å². The van der Waals surface area contributed by atoms with Gasteiger partial charge in [-0.3, -0.25) is 0 Å². The van der Waals surface area contributed by atoms with Gasteiger partial charge in [-0.25, -0.2) is 14.2 Å². The van der Waals surface area contributed by atoms with E-state index >= 15 is 0 Å². The van der Waals surface area contributed by atoms with Crippen LogP contribution in [-0.4, -0.2) is 17.6 Å². The summed E-state index contributed by atoms with van der Waals surface area (Å²) in [6.07, 6.45) is 2.71. The number of esters is 1. The number of pyridine rings is 1. The molecule has 0 fully saturated rings. The monoisotopic (exact) mass is 259 g/mol. The van der Waals surface area contributed by atoms with Gasteiger partial charge in [0.05, 0.1) is 18.4 Å². The minimum atomic E-state index is -0.634. The summed E-state index contributed by atoms with van der Waals surface area (Å²) in [5.41, 5.74) is -0.0313. The number of hydrogen-bond acceptors (Lipinski definition) is 3. The van der Waals surface area contributed by atoms with Crippen molar-refractivity contribution < 1.29 is 13.9 Å². The zero-order valence-corrected chi connectivity index (χ0v) is 10.6. The van der Waals surface area contributed by atoms with Gasteiger partial charge in [-0.05, 0) is 24.8 Å². The predicted octanol–water partition coefficient (Wildman–Crippen LogP) is 3.47. The van der Waals surface area contributed by atoms with Crippen LogP contribution < -0.4 is 0 Å². The number of hydrogen-bond donors (Lipinski definition) is 0. The first-order valence-corrected chi connectivity index (χ1v) is 5.86. The Morgan fingerprint density at radius 2 is 2.29 bits per heavy atom. The lowest BCUT2D eigenvalue weighted by Gasteiger charge is -2.07. The zero-order chi connectivity index (χ0) is 12.8. The Hall–Kier alpha value is -1.16. The van der Waals surface area contributed by atoms with E-state index in [1.165, 1.54) is 0 Å². The van der Waals surface area contributed by atoms with Gasteiger partial charge in [-0.15, -0.1) is 0 Å². The molecular weight excluding hydrogens is 245 g/mol. The van der Waals surface area contributed by atoms with Crippen molar-refractivity contribution in [1.29, 1.82) is 0 Å². The fraction of sp³-hybridized carbons (Fsp3) is 0.500. The van der Waals surface area contributed by atoms with Crippen molar-refractivity contribution in [2.24, 2.45) is 5.92 Å². The minimum absolute atomic E-state index is 0.0313. The maximum Gasteiger partial charge on any atom is 0.341 e. The van der Waals surface area contributed by atoms with Gasteiger partial charge in [-0.1, -0.05) is 25.4 Å². The average Bonchev–Trinajstić information content (AvgIpc) is 2.27. The molecule has 0 spiro atoms. The van der Waals surface area contributed by atoms with Crippen molar-refractivity contribution in [3.63, 3.8) is 0 Å². The van der Waals surface area contributed by atoms with Gasteiger partial charge in [0.1, 0.15) is 11.0 Å². The molecule has 0 atom stereocenters. The standard InChI is InChI=1S/C12H15ClFNO2/c1-8(2)4-3-5-17-12(16)10-6-9(14)7-15-11(10)13/h6-8H,3-5H2,1-2H3. The van der Waals surface area contributed by atoms with Gasteiger partial charge >= 0.3 is 5.97 Å². The van der Waals surface area contributed by atoms with E-state index < -0.39 is 11.8 Å².